The number of carbonyl (C=O) groups is 2. The van der Waals surface area contributed by atoms with E-state index in [0.29, 0.717) is 0 Å². The Bertz CT molecular complexity index is 813. The normalized spacial score (nSPS) is 19.1. The van der Waals surface area contributed by atoms with Crippen molar-refractivity contribution in [2.45, 2.75) is 44.9 Å². The van der Waals surface area contributed by atoms with Crippen LogP contribution < -0.4 is 5.32 Å². The number of nitrogens with one attached hydrogen (secondary N) is 1. The van der Waals surface area contributed by atoms with Crippen LogP contribution in [0.1, 0.15) is 27.2 Å². The van der Waals surface area contributed by atoms with Crippen molar-refractivity contribution in [2.75, 3.05) is 32.0 Å². The number of hydrogen-bond acceptors (Lipinski definition) is 7. The molecule has 1 aromatic rings. The number of nitro groups is 1. The molecule has 10 nitrogen and oxygen atoms in total. The molecule has 1 fully saturated rings. The highest BCUT2D eigenvalue weighted by atomic mass is 19.1. The zero-order valence-electron chi connectivity index (χ0n) is 17.4. The van der Waals surface area contributed by atoms with Crippen molar-refractivity contribution in [3.05, 3.63) is 34.1 Å². The van der Waals surface area contributed by atoms with Crippen LogP contribution in [-0.2, 0) is 9.53 Å². The zero-order valence-corrected chi connectivity index (χ0v) is 17.4. The average Bonchev–Trinajstić information content (AvgIpc) is 3.02. The van der Waals surface area contributed by atoms with Gasteiger partial charge in [0, 0.05) is 31.6 Å². The predicted octanol–water partition coefficient (Wildman–Crippen LogP) is 1.97. The number of likely N-dealkylation sites (tertiary alicyclic amines) is 1. The fraction of sp³-hybridized carbons (Fsp3) is 0.579. The number of carbonyl (C=O) groups excluding carboxylic acids is 2. The third kappa shape index (κ3) is 6.36. The van der Waals surface area contributed by atoms with Crippen LogP contribution in [0.3, 0.4) is 0 Å². The summed E-state index contributed by atoms with van der Waals surface area (Å²) in [7, 11) is 1.70. The molecule has 2 rings (SSSR count). The maximum absolute atomic E-state index is 13.8. The Kier molecular flexibility index (Phi) is 7.32. The van der Waals surface area contributed by atoms with E-state index in [0.717, 1.165) is 18.2 Å². The van der Waals surface area contributed by atoms with Gasteiger partial charge in [-0.3, -0.25) is 19.8 Å². The summed E-state index contributed by atoms with van der Waals surface area (Å²) in [5.41, 5.74) is -1.25. The summed E-state index contributed by atoms with van der Waals surface area (Å²) in [5, 5.41) is 23.4. The van der Waals surface area contributed by atoms with Crippen LogP contribution in [0, 0.1) is 15.9 Å². The van der Waals surface area contributed by atoms with E-state index >= 15 is 0 Å². The van der Waals surface area contributed by atoms with Crippen molar-refractivity contribution in [3.8, 4) is 0 Å². The number of nitro benzene ring substituents is 1. The number of non-ortho nitro benzene ring substituents is 1. The van der Waals surface area contributed by atoms with Gasteiger partial charge in [0.1, 0.15) is 11.4 Å². The largest absolute Gasteiger partial charge is 0.444 e. The second kappa shape index (κ2) is 9.35. The quantitative estimate of drug-likeness (QED) is 0.526. The maximum Gasteiger partial charge on any atom is 0.410 e. The summed E-state index contributed by atoms with van der Waals surface area (Å²) in [6, 6.07) is 2.49. The number of hydrogen-bond donors (Lipinski definition) is 2. The van der Waals surface area contributed by atoms with Gasteiger partial charge in [-0.1, -0.05) is 0 Å². The van der Waals surface area contributed by atoms with Crippen molar-refractivity contribution < 1.29 is 28.7 Å². The average molecular weight is 426 g/mol. The number of halogens is 1. The Morgan fingerprint density at radius 1 is 1.40 bits per heavy atom. The Hall–Kier alpha value is -2.79. The Labute approximate surface area is 173 Å². The summed E-state index contributed by atoms with van der Waals surface area (Å²) in [5.74, 6) is -1.31. The van der Waals surface area contributed by atoms with Gasteiger partial charge < -0.3 is 20.1 Å². The van der Waals surface area contributed by atoms with Crippen LogP contribution in [0.5, 0.6) is 0 Å². The molecule has 2 amide bonds. The molecular weight excluding hydrogens is 399 g/mol. The van der Waals surface area contributed by atoms with E-state index in [9.17, 15) is 29.2 Å². The molecule has 1 saturated heterocycles. The van der Waals surface area contributed by atoms with Crippen LogP contribution in [0.15, 0.2) is 18.2 Å². The first kappa shape index (κ1) is 23.5. The van der Waals surface area contributed by atoms with E-state index in [4.69, 9.17) is 4.74 Å². The summed E-state index contributed by atoms with van der Waals surface area (Å²) >= 11 is 0. The summed E-state index contributed by atoms with van der Waals surface area (Å²) < 4.78 is 19.1. The monoisotopic (exact) mass is 426 g/mol. The number of aliphatic hydroxyl groups excluding tert-OH is 1. The number of ether oxygens (including phenoxy) is 1. The fourth-order valence-electron chi connectivity index (χ4n) is 3.06. The highest BCUT2D eigenvalue weighted by Crippen LogP contribution is 2.22. The lowest BCUT2D eigenvalue weighted by molar-refractivity contribution is -0.384. The van der Waals surface area contributed by atoms with Gasteiger partial charge >= 0.3 is 6.09 Å². The molecule has 166 valence electrons. The van der Waals surface area contributed by atoms with Gasteiger partial charge in [-0.25, -0.2) is 9.18 Å². The van der Waals surface area contributed by atoms with Crippen LogP contribution in [0.4, 0.5) is 20.6 Å². The minimum absolute atomic E-state index is 0.0334. The van der Waals surface area contributed by atoms with Gasteiger partial charge in [0.2, 0.25) is 5.91 Å². The molecule has 1 aromatic carbocycles. The van der Waals surface area contributed by atoms with Gasteiger partial charge in [-0.05, 0) is 33.9 Å². The third-order valence-electron chi connectivity index (χ3n) is 4.60. The van der Waals surface area contributed by atoms with E-state index < -0.39 is 34.4 Å². The molecule has 0 bridgehead atoms. The number of amides is 2. The Balaban J connectivity index is 1.89. The van der Waals surface area contributed by atoms with Crippen molar-refractivity contribution in [2.24, 2.45) is 0 Å². The number of nitrogens with zero attached hydrogens (tertiary/aromatic N) is 3. The number of likely N-dealkylation sites (N-methyl/N-ethyl adjacent to an activating group) is 1. The molecule has 0 saturated carbocycles. The first-order chi connectivity index (χ1) is 13.9. The van der Waals surface area contributed by atoms with Crippen molar-refractivity contribution in [1.29, 1.82) is 0 Å². The van der Waals surface area contributed by atoms with Gasteiger partial charge in [0.15, 0.2) is 0 Å². The molecular formula is C19H27FN4O6. The number of anilines is 1. The smallest absolute Gasteiger partial charge is 0.410 e. The lowest BCUT2D eigenvalue weighted by Gasteiger charge is -2.27. The minimum atomic E-state index is -0.806. The van der Waals surface area contributed by atoms with Gasteiger partial charge in [-0.15, -0.1) is 0 Å². The fourth-order valence-corrected chi connectivity index (χ4v) is 3.06. The number of aliphatic hydroxyl groups is 1. The highest BCUT2D eigenvalue weighted by Gasteiger charge is 2.38. The first-order valence-electron chi connectivity index (χ1n) is 9.47. The summed E-state index contributed by atoms with van der Waals surface area (Å²) in [6.45, 7) is 5.85. The molecule has 0 spiro atoms. The number of benzene rings is 1. The zero-order chi connectivity index (χ0) is 22.6. The number of β-amino-alcohol motifs (C(OH)–C–C–N with tert-alkyl or cyclic N) is 1. The Morgan fingerprint density at radius 3 is 2.67 bits per heavy atom. The molecule has 1 aliphatic rings. The SMILES string of the molecule is CN(CCC(=O)Nc1cc([N+](=O)[O-])ccc1F)[C@H]1CN(C(=O)OC(C)(C)C)C[C@@H]1O. The molecule has 30 heavy (non-hydrogen) atoms. The molecule has 0 radical (unpaired) electrons. The second-order valence-electron chi connectivity index (χ2n) is 8.22. The van der Waals surface area contributed by atoms with Crippen LogP contribution in [-0.4, -0.2) is 76.3 Å². The van der Waals surface area contributed by atoms with Crippen molar-refractivity contribution in [1.82, 2.24) is 9.80 Å². The van der Waals surface area contributed by atoms with Gasteiger partial charge in [-0.2, -0.15) is 0 Å². The number of rotatable bonds is 6. The molecule has 0 aliphatic carbocycles. The van der Waals surface area contributed by atoms with E-state index in [1.54, 1.807) is 32.7 Å². The standard InChI is InChI=1S/C19H27FN4O6/c1-19(2,3)30-18(27)23-10-15(16(25)11-23)22(4)8-7-17(26)21-14-9-12(24(28)29)5-6-13(14)20/h5-6,9,15-16,25H,7-8,10-11H2,1-4H3,(H,21,26)/t15-,16-/m0/s1. The molecule has 2 N–H and O–H groups in total. The van der Waals surface area contributed by atoms with E-state index in [1.165, 1.54) is 4.90 Å². The molecule has 11 heteroatoms. The molecule has 2 atom stereocenters. The summed E-state index contributed by atoms with van der Waals surface area (Å²) in [4.78, 5) is 37.6. The predicted molar refractivity (Wildman–Crippen MR) is 107 cm³/mol. The van der Waals surface area contributed by atoms with Crippen LogP contribution in [0.2, 0.25) is 0 Å². The maximum atomic E-state index is 13.8. The molecule has 1 aliphatic heterocycles. The van der Waals surface area contributed by atoms with Crippen molar-refractivity contribution in [3.63, 3.8) is 0 Å². The first-order valence-corrected chi connectivity index (χ1v) is 9.47. The molecule has 0 aromatic heterocycles. The van der Waals surface area contributed by atoms with E-state index in [-0.39, 0.29) is 43.5 Å². The topological polar surface area (TPSA) is 125 Å². The van der Waals surface area contributed by atoms with Crippen molar-refractivity contribution >= 4 is 23.4 Å². The molecule has 1 heterocycles. The second-order valence-corrected chi connectivity index (χ2v) is 8.22. The van der Waals surface area contributed by atoms with E-state index in [2.05, 4.69) is 5.32 Å². The molecule has 0 unspecified atom stereocenters. The van der Waals surface area contributed by atoms with Gasteiger partial charge in [0.05, 0.1) is 29.3 Å². The van der Waals surface area contributed by atoms with Crippen LogP contribution >= 0.6 is 0 Å². The third-order valence-corrected chi connectivity index (χ3v) is 4.60. The lowest BCUT2D eigenvalue weighted by Crippen LogP contribution is -2.42. The highest BCUT2D eigenvalue weighted by molar-refractivity contribution is 5.91. The minimum Gasteiger partial charge on any atom is -0.444 e. The van der Waals surface area contributed by atoms with Gasteiger partial charge in [0.25, 0.3) is 5.69 Å². The summed E-state index contributed by atoms with van der Waals surface area (Å²) in [6.07, 6.45) is -1.36. The lowest BCUT2D eigenvalue weighted by atomic mass is 10.2. The van der Waals surface area contributed by atoms with E-state index in [1.807, 2.05) is 0 Å². The Morgan fingerprint density at radius 2 is 2.07 bits per heavy atom. The van der Waals surface area contributed by atoms with Crippen LogP contribution in [0.25, 0.3) is 0 Å².